The molecule has 3 aromatic carbocycles. The highest BCUT2D eigenvalue weighted by Gasteiger charge is 2.42. The van der Waals surface area contributed by atoms with E-state index in [2.05, 4.69) is 16.8 Å². The number of hydrogen-bond donors (Lipinski definition) is 2. The van der Waals surface area contributed by atoms with E-state index in [1.807, 2.05) is 61.5 Å². The Kier molecular flexibility index (Phi) is 6.05. The number of halogens is 1. The summed E-state index contributed by atoms with van der Waals surface area (Å²) in [5.74, 6) is 0.559. The molecule has 176 valence electrons. The van der Waals surface area contributed by atoms with E-state index < -0.39 is 6.04 Å². The predicted molar refractivity (Wildman–Crippen MR) is 136 cm³/mol. The lowest BCUT2D eigenvalue weighted by atomic mass is 9.95. The first kappa shape index (κ1) is 22.7. The van der Waals surface area contributed by atoms with Gasteiger partial charge < -0.3 is 14.7 Å². The number of aromatic nitrogens is 2. The largest absolute Gasteiger partial charge is 0.507 e. The quantitative estimate of drug-likeness (QED) is 0.312. The highest BCUT2D eigenvalue weighted by Crippen LogP contribution is 2.45. The minimum Gasteiger partial charge on any atom is -0.507 e. The van der Waals surface area contributed by atoms with E-state index in [9.17, 15) is 9.90 Å². The number of fused-ring (bicyclic) bond motifs is 1. The third kappa shape index (κ3) is 4.17. The van der Waals surface area contributed by atoms with Crippen molar-refractivity contribution in [3.63, 3.8) is 0 Å². The summed E-state index contributed by atoms with van der Waals surface area (Å²) in [7, 11) is 0. The summed E-state index contributed by atoms with van der Waals surface area (Å²) >= 11 is 6.36. The number of amides is 1. The molecule has 0 fully saturated rings. The Morgan fingerprint density at radius 2 is 1.97 bits per heavy atom. The Morgan fingerprint density at radius 3 is 2.74 bits per heavy atom. The van der Waals surface area contributed by atoms with Crippen LogP contribution in [0.4, 0.5) is 0 Å². The van der Waals surface area contributed by atoms with Crippen LogP contribution < -0.4 is 4.74 Å². The highest BCUT2D eigenvalue weighted by molar-refractivity contribution is 6.31. The van der Waals surface area contributed by atoms with E-state index in [-0.39, 0.29) is 11.7 Å². The van der Waals surface area contributed by atoms with Gasteiger partial charge in [-0.15, -0.1) is 6.58 Å². The second-order valence-corrected chi connectivity index (χ2v) is 8.88. The maximum Gasteiger partial charge on any atom is 0.273 e. The maximum absolute atomic E-state index is 13.3. The number of carbonyl (C=O) groups is 1. The van der Waals surface area contributed by atoms with Crippen molar-refractivity contribution in [1.29, 1.82) is 0 Å². The summed E-state index contributed by atoms with van der Waals surface area (Å²) in [5, 5.41) is 18.5. The second kappa shape index (κ2) is 9.31. The minimum absolute atomic E-state index is 0.0505. The summed E-state index contributed by atoms with van der Waals surface area (Å²) < 4.78 is 6.04. The molecule has 1 unspecified atom stereocenters. The molecule has 2 N–H and O–H groups in total. The van der Waals surface area contributed by atoms with E-state index in [0.29, 0.717) is 46.4 Å². The number of benzene rings is 3. The van der Waals surface area contributed by atoms with Gasteiger partial charge in [-0.1, -0.05) is 60.1 Å². The molecule has 0 saturated carbocycles. The Morgan fingerprint density at radius 1 is 1.17 bits per heavy atom. The Balaban J connectivity index is 1.57. The zero-order valence-corrected chi connectivity index (χ0v) is 19.9. The first-order valence-electron chi connectivity index (χ1n) is 11.2. The average Bonchev–Trinajstić information content (AvgIpc) is 3.40. The monoisotopic (exact) mass is 485 g/mol. The lowest BCUT2D eigenvalue weighted by molar-refractivity contribution is 0.0764. The van der Waals surface area contributed by atoms with Gasteiger partial charge >= 0.3 is 0 Å². The van der Waals surface area contributed by atoms with Crippen LogP contribution in [0.15, 0.2) is 79.4 Å². The van der Waals surface area contributed by atoms with Crippen LogP contribution in [0.25, 0.3) is 11.3 Å². The number of nitrogens with zero attached hydrogens (tertiary/aromatic N) is 2. The SMILES string of the molecule is C=CCN1C(=O)c2[nH]nc(-c3cc(Cl)c(C)cc3O)c2C1c1cccc(OCc2ccccc2)c1. The summed E-state index contributed by atoms with van der Waals surface area (Å²) in [6.07, 6.45) is 1.69. The zero-order chi connectivity index (χ0) is 24.5. The van der Waals surface area contributed by atoms with E-state index in [4.69, 9.17) is 16.3 Å². The predicted octanol–water partition coefficient (Wildman–Crippen LogP) is 6.05. The summed E-state index contributed by atoms with van der Waals surface area (Å²) in [5.41, 5.74) is 4.71. The number of phenolic OH excluding ortho intramolecular Hbond substituents is 1. The van der Waals surface area contributed by atoms with Crippen molar-refractivity contribution in [3.05, 3.63) is 112 Å². The van der Waals surface area contributed by atoms with Gasteiger partial charge in [0.2, 0.25) is 0 Å². The van der Waals surface area contributed by atoms with Crippen LogP contribution in [0.1, 0.15) is 38.8 Å². The number of carbonyl (C=O) groups excluding carboxylic acids is 1. The molecule has 4 aromatic rings. The molecular weight excluding hydrogens is 462 g/mol. The van der Waals surface area contributed by atoms with Crippen molar-refractivity contribution in [2.45, 2.75) is 19.6 Å². The van der Waals surface area contributed by atoms with Gasteiger partial charge in [0.15, 0.2) is 0 Å². The van der Waals surface area contributed by atoms with Crippen LogP contribution in [-0.2, 0) is 6.61 Å². The van der Waals surface area contributed by atoms with Crippen LogP contribution in [0.3, 0.4) is 0 Å². The number of aromatic hydroxyl groups is 1. The topological polar surface area (TPSA) is 78.5 Å². The molecule has 1 aliphatic rings. The minimum atomic E-state index is -0.441. The number of H-pyrrole nitrogens is 1. The van der Waals surface area contributed by atoms with E-state index in [0.717, 1.165) is 16.7 Å². The standard InChI is InChI=1S/C28H24ClN3O3/c1-3-12-32-27(19-10-7-11-20(14-19)35-16-18-8-5-4-6-9-18)24-25(30-31-26(24)28(32)34)21-15-22(29)17(2)13-23(21)33/h3-11,13-15,27,33H,1,12,16H2,2H3,(H,30,31). The van der Waals surface area contributed by atoms with Crippen molar-refractivity contribution < 1.29 is 14.6 Å². The molecular formula is C28H24ClN3O3. The molecule has 7 heteroatoms. The van der Waals surface area contributed by atoms with E-state index in [1.165, 1.54) is 0 Å². The summed E-state index contributed by atoms with van der Waals surface area (Å²) in [6.45, 7) is 6.43. The molecule has 0 spiro atoms. The molecule has 6 nitrogen and oxygen atoms in total. The number of hydrogen-bond acceptors (Lipinski definition) is 4. The molecule has 35 heavy (non-hydrogen) atoms. The highest BCUT2D eigenvalue weighted by atomic mass is 35.5. The number of aryl methyl sites for hydroxylation is 1. The molecule has 2 heterocycles. The second-order valence-electron chi connectivity index (χ2n) is 8.47. The first-order valence-corrected chi connectivity index (χ1v) is 11.6. The molecule has 5 rings (SSSR count). The van der Waals surface area contributed by atoms with Gasteiger partial charge in [-0.05, 0) is 47.9 Å². The Bertz CT molecular complexity index is 1410. The Labute approximate surface area is 208 Å². The van der Waals surface area contributed by atoms with Gasteiger partial charge in [-0.2, -0.15) is 5.10 Å². The molecule has 1 amide bonds. The molecule has 0 saturated heterocycles. The third-order valence-electron chi connectivity index (χ3n) is 6.14. The first-order chi connectivity index (χ1) is 17.0. The number of rotatable bonds is 7. The normalized spacial score (nSPS) is 14.7. The fourth-order valence-corrected chi connectivity index (χ4v) is 4.61. The van der Waals surface area contributed by atoms with E-state index >= 15 is 0 Å². The smallest absolute Gasteiger partial charge is 0.273 e. The number of phenols is 1. The molecule has 1 atom stereocenters. The summed E-state index contributed by atoms with van der Waals surface area (Å²) in [6, 6.07) is 20.5. The van der Waals surface area contributed by atoms with Crippen LogP contribution >= 0.6 is 11.6 Å². The van der Waals surface area contributed by atoms with Crippen LogP contribution in [-0.4, -0.2) is 32.7 Å². The molecule has 1 aliphatic heterocycles. The van der Waals surface area contributed by atoms with Crippen molar-refractivity contribution in [3.8, 4) is 22.8 Å². The van der Waals surface area contributed by atoms with Crippen LogP contribution in [0.2, 0.25) is 5.02 Å². The molecule has 0 aliphatic carbocycles. The van der Waals surface area contributed by atoms with Gasteiger partial charge in [0, 0.05) is 22.7 Å². The Hall–Kier alpha value is -4.03. The van der Waals surface area contributed by atoms with Crippen molar-refractivity contribution in [2.24, 2.45) is 0 Å². The number of ether oxygens (including phenoxy) is 1. The van der Waals surface area contributed by atoms with Crippen molar-refractivity contribution in [2.75, 3.05) is 6.54 Å². The average molecular weight is 486 g/mol. The number of aromatic amines is 1. The van der Waals surface area contributed by atoms with Gasteiger partial charge in [-0.25, -0.2) is 0 Å². The van der Waals surface area contributed by atoms with Gasteiger partial charge in [0.05, 0.1) is 6.04 Å². The molecule has 1 aromatic heterocycles. The third-order valence-corrected chi connectivity index (χ3v) is 6.55. The van der Waals surface area contributed by atoms with E-state index in [1.54, 1.807) is 23.1 Å². The van der Waals surface area contributed by atoms with Crippen LogP contribution in [0.5, 0.6) is 11.5 Å². The van der Waals surface area contributed by atoms with Crippen LogP contribution in [0, 0.1) is 6.92 Å². The van der Waals surface area contributed by atoms with Crippen molar-refractivity contribution in [1.82, 2.24) is 15.1 Å². The summed E-state index contributed by atoms with van der Waals surface area (Å²) in [4.78, 5) is 15.0. The van der Waals surface area contributed by atoms with Gasteiger partial charge in [-0.3, -0.25) is 9.89 Å². The fourth-order valence-electron chi connectivity index (χ4n) is 4.45. The number of nitrogens with one attached hydrogen (secondary N) is 1. The lowest BCUT2D eigenvalue weighted by Crippen LogP contribution is -2.29. The zero-order valence-electron chi connectivity index (χ0n) is 19.2. The molecule has 0 radical (unpaired) electrons. The maximum atomic E-state index is 13.3. The van der Waals surface area contributed by atoms with Gasteiger partial charge in [0.25, 0.3) is 5.91 Å². The van der Waals surface area contributed by atoms with Crippen molar-refractivity contribution >= 4 is 17.5 Å². The molecule has 0 bridgehead atoms. The van der Waals surface area contributed by atoms with Gasteiger partial charge in [0.1, 0.15) is 29.5 Å². The lowest BCUT2D eigenvalue weighted by Gasteiger charge is -2.25. The fraction of sp³-hybridized carbons (Fsp3) is 0.143.